The molecular formula is C10H12BrF2NO. The van der Waals surface area contributed by atoms with E-state index in [0.29, 0.717) is 19.4 Å². The van der Waals surface area contributed by atoms with E-state index < -0.39 is 11.6 Å². The van der Waals surface area contributed by atoms with Crippen LogP contribution in [0.25, 0.3) is 0 Å². The van der Waals surface area contributed by atoms with Gasteiger partial charge in [0.15, 0.2) is 0 Å². The number of unbranched alkanes of at least 4 members (excludes halogenated alkanes) is 1. The predicted molar refractivity (Wildman–Crippen MR) is 58.9 cm³/mol. The summed E-state index contributed by atoms with van der Waals surface area (Å²) in [5.74, 6) is -0.992. The molecule has 0 saturated carbocycles. The van der Waals surface area contributed by atoms with Gasteiger partial charge in [-0.1, -0.05) is 0 Å². The Morgan fingerprint density at radius 2 is 1.93 bits per heavy atom. The Hall–Kier alpha value is -0.680. The van der Waals surface area contributed by atoms with Gasteiger partial charge in [0.25, 0.3) is 0 Å². The van der Waals surface area contributed by atoms with Gasteiger partial charge >= 0.3 is 0 Å². The Balaban J connectivity index is 2.57. The number of rotatable bonds is 5. The fourth-order valence-electron chi connectivity index (χ4n) is 1.12. The first-order valence-corrected chi connectivity index (χ1v) is 5.43. The first kappa shape index (κ1) is 12.4. The Labute approximate surface area is 95.4 Å². The van der Waals surface area contributed by atoms with Crippen molar-refractivity contribution in [3.05, 3.63) is 28.2 Å². The maximum Gasteiger partial charge on any atom is 0.147 e. The summed E-state index contributed by atoms with van der Waals surface area (Å²) in [7, 11) is 0. The lowest BCUT2D eigenvalue weighted by molar-refractivity contribution is 0.286. The summed E-state index contributed by atoms with van der Waals surface area (Å²) < 4.78 is 26.4. The number of aliphatic hydroxyl groups is 1. The second-order valence-corrected chi connectivity index (χ2v) is 3.96. The van der Waals surface area contributed by atoms with Gasteiger partial charge in [-0.05, 0) is 34.8 Å². The molecule has 0 aliphatic heterocycles. The topological polar surface area (TPSA) is 32.3 Å². The van der Waals surface area contributed by atoms with E-state index in [1.165, 1.54) is 0 Å². The minimum absolute atomic E-state index is 0.110. The highest BCUT2D eigenvalue weighted by atomic mass is 79.9. The highest BCUT2D eigenvalue weighted by molar-refractivity contribution is 9.10. The molecular weight excluding hydrogens is 268 g/mol. The molecule has 0 spiro atoms. The summed E-state index contributed by atoms with van der Waals surface area (Å²) >= 11 is 2.90. The van der Waals surface area contributed by atoms with Crippen molar-refractivity contribution in [2.45, 2.75) is 12.8 Å². The van der Waals surface area contributed by atoms with Crippen LogP contribution in [-0.4, -0.2) is 18.3 Å². The lowest BCUT2D eigenvalue weighted by Gasteiger charge is -2.07. The van der Waals surface area contributed by atoms with Gasteiger partial charge in [0.2, 0.25) is 0 Å². The summed E-state index contributed by atoms with van der Waals surface area (Å²) in [6, 6.07) is 2.20. The summed E-state index contributed by atoms with van der Waals surface area (Å²) in [6.45, 7) is 0.622. The van der Waals surface area contributed by atoms with Gasteiger partial charge in [-0.15, -0.1) is 0 Å². The predicted octanol–water partition coefficient (Wildman–Crippen LogP) is 2.91. The number of aliphatic hydroxyl groups excluding tert-OH is 1. The third kappa shape index (κ3) is 3.76. The maximum absolute atomic E-state index is 13.2. The van der Waals surface area contributed by atoms with E-state index in [2.05, 4.69) is 21.2 Å². The van der Waals surface area contributed by atoms with E-state index in [1.54, 1.807) is 0 Å². The van der Waals surface area contributed by atoms with Gasteiger partial charge in [-0.3, -0.25) is 0 Å². The third-order valence-electron chi connectivity index (χ3n) is 1.91. The van der Waals surface area contributed by atoms with Crippen molar-refractivity contribution < 1.29 is 13.9 Å². The van der Waals surface area contributed by atoms with E-state index in [0.717, 1.165) is 12.1 Å². The van der Waals surface area contributed by atoms with Gasteiger partial charge in [-0.25, -0.2) is 8.78 Å². The number of nitrogens with one attached hydrogen (secondary N) is 1. The number of anilines is 1. The molecule has 2 nitrogen and oxygen atoms in total. The molecule has 15 heavy (non-hydrogen) atoms. The van der Waals surface area contributed by atoms with Crippen molar-refractivity contribution in [2.24, 2.45) is 0 Å². The smallest absolute Gasteiger partial charge is 0.147 e. The highest BCUT2D eigenvalue weighted by Gasteiger charge is 2.07. The number of hydrogen-bond acceptors (Lipinski definition) is 2. The largest absolute Gasteiger partial charge is 0.396 e. The molecule has 5 heteroatoms. The summed E-state index contributed by atoms with van der Waals surface area (Å²) in [4.78, 5) is 0. The molecule has 0 unspecified atom stereocenters. The van der Waals surface area contributed by atoms with Gasteiger partial charge < -0.3 is 10.4 Å². The molecule has 84 valence electrons. The van der Waals surface area contributed by atoms with Gasteiger partial charge in [0, 0.05) is 19.2 Å². The van der Waals surface area contributed by atoms with Crippen molar-refractivity contribution >= 4 is 21.6 Å². The van der Waals surface area contributed by atoms with Gasteiger partial charge in [0.05, 0.1) is 10.2 Å². The van der Waals surface area contributed by atoms with Crippen LogP contribution in [0.15, 0.2) is 16.6 Å². The molecule has 0 aliphatic rings. The molecule has 0 heterocycles. The standard InChI is InChI=1S/C10H12BrF2NO/c11-7-5-9(13)10(6-8(7)12)14-3-1-2-4-15/h5-6,14-15H,1-4H2. The molecule has 0 bridgehead atoms. The van der Waals surface area contributed by atoms with Crippen LogP contribution in [0.3, 0.4) is 0 Å². The van der Waals surface area contributed by atoms with Crippen LogP contribution in [0.2, 0.25) is 0 Å². The van der Waals surface area contributed by atoms with Crippen LogP contribution in [0.5, 0.6) is 0 Å². The summed E-state index contributed by atoms with van der Waals surface area (Å²) in [5, 5.41) is 11.3. The average molecular weight is 280 g/mol. The second-order valence-electron chi connectivity index (χ2n) is 3.10. The first-order chi connectivity index (χ1) is 7.15. The van der Waals surface area contributed by atoms with Crippen molar-refractivity contribution in [1.29, 1.82) is 0 Å². The van der Waals surface area contributed by atoms with Crippen molar-refractivity contribution in [3.63, 3.8) is 0 Å². The summed E-state index contributed by atoms with van der Waals surface area (Å²) in [5.41, 5.74) is 0.147. The Morgan fingerprint density at radius 3 is 2.60 bits per heavy atom. The van der Waals surface area contributed by atoms with Crippen LogP contribution >= 0.6 is 15.9 Å². The minimum atomic E-state index is -0.499. The quantitative estimate of drug-likeness (QED) is 0.642. The molecule has 0 amide bonds. The zero-order chi connectivity index (χ0) is 11.3. The number of halogens is 3. The first-order valence-electron chi connectivity index (χ1n) is 4.64. The van der Waals surface area contributed by atoms with Crippen LogP contribution < -0.4 is 5.32 Å². The van der Waals surface area contributed by atoms with Gasteiger partial charge in [-0.2, -0.15) is 0 Å². The van der Waals surface area contributed by atoms with Crippen molar-refractivity contribution in [1.82, 2.24) is 0 Å². The lowest BCUT2D eigenvalue weighted by atomic mass is 10.2. The number of hydrogen-bond donors (Lipinski definition) is 2. The van der Waals surface area contributed by atoms with Crippen LogP contribution in [0, 0.1) is 11.6 Å². The molecule has 0 fully saturated rings. The monoisotopic (exact) mass is 279 g/mol. The van der Waals surface area contributed by atoms with Crippen molar-refractivity contribution in [3.8, 4) is 0 Å². The molecule has 0 radical (unpaired) electrons. The molecule has 0 aromatic heterocycles. The number of benzene rings is 1. The zero-order valence-electron chi connectivity index (χ0n) is 8.06. The van der Waals surface area contributed by atoms with E-state index in [1.807, 2.05) is 0 Å². The highest BCUT2D eigenvalue weighted by Crippen LogP contribution is 2.23. The molecule has 0 saturated heterocycles. The SMILES string of the molecule is OCCCCNc1cc(F)c(Br)cc1F. The second kappa shape index (κ2) is 6.02. The van der Waals surface area contributed by atoms with E-state index >= 15 is 0 Å². The van der Waals surface area contributed by atoms with Crippen LogP contribution in [-0.2, 0) is 0 Å². The maximum atomic E-state index is 13.2. The lowest BCUT2D eigenvalue weighted by Crippen LogP contribution is -2.04. The fourth-order valence-corrected chi connectivity index (χ4v) is 1.43. The normalized spacial score (nSPS) is 10.4. The Morgan fingerprint density at radius 1 is 1.20 bits per heavy atom. The van der Waals surface area contributed by atoms with E-state index in [4.69, 9.17) is 5.11 Å². The van der Waals surface area contributed by atoms with E-state index in [9.17, 15) is 8.78 Å². The molecule has 0 atom stereocenters. The fraction of sp³-hybridized carbons (Fsp3) is 0.400. The van der Waals surface area contributed by atoms with Gasteiger partial charge in [0.1, 0.15) is 11.6 Å². The van der Waals surface area contributed by atoms with Crippen LogP contribution in [0.1, 0.15) is 12.8 Å². The molecule has 0 aliphatic carbocycles. The Bertz CT molecular complexity index is 333. The van der Waals surface area contributed by atoms with Crippen LogP contribution in [0.4, 0.5) is 14.5 Å². The van der Waals surface area contributed by atoms with E-state index in [-0.39, 0.29) is 16.8 Å². The minimum Gasteiger partial charge on any atom is -0.396 e. The summed E-state index contributed by atoms with van der Waals surface area (Å²) in [6.07, 6.45) is 1.36. The molecule has 1 aromatic carbocycles. The average Bonchev–Trinajstić information content (AvgIpc) is 2.20. The third-order valence-corrected chi connectivity index (χ3v) is 2.52. The van der Waals surface area contributed by atoms with Crippen molar-refractivity contribution in [2.75, 3.05) is 18.5 Å². The zero-order valence-corrected chi connectivity index (χ0v) is 9.65. The molecule has 2 N–H and O–H groups in total. The molecule has 1 aromatic rings. The Kier molecular flexibility index (Phi) is 4.98. The molecule has 1 rings (SSSR count).